The standard InChI is InChI=1S/C25H21F4N5O4/c1-14-30-22(31-38-14)17-5-8-20(19(26)9-17)33-11-21(36)34(24(23(33)37)12-32(13-24)15(2)35)10-16-3-6-18(7-4-16)25(27,28)29/h3-9H,10-13H2,1-2H3. The minimum Gasteiger partial charge on any atom is -0.339 e. The van der Waals surface area contributed by atoms with Gasteiger partial charge in [0.25, 0.3) is 5.91 Å². The van der Waals surface area contributed by atoms with Gasteiger partial charge in [0.15, 0.2) is 5.54 Å². The van der Waals surface area contributed by atoms with Crippen molar-refractivity contribution < 1.29 is 36.5 Å². The Hall–Kier alpha value is -4.29. The second-order valence-corrected chi connectivity index (χ2v) is 9.28. The van der Waals surface area contributed by atoms with Gasteiger partial charge >= 0.3 is 6.18 Å². The lowest BCUT2D eigenvalue weighted by molar-refractivity contribution is -0.169. The molecule has 2 aliphatic rings. The summed E-state index contributed by atoms with van der Waals surface area (Å²) in [5.74, 6) is -1.79. The van der Waals surface area contributed by atoms with E-state index in [2.05, 4.69) is 10.1 Å². The molecule has 0 radical (unpaired) electrons. The van der Waals surface area contributed by atoms with E-state index in [4.69, 9.17) is 4.52 Å². The Balaban J connectivity index is 1.45. The van der Waals surface area contributed by atoms with Crippen LogP contribution in [0.25, 0.3) is 11.4 Å². The van der Waals surface area contributed by atoms with E-state index < -0.39 is 41.5 Å². The lowest BCUT2D eigenvalue weighted by Gasteiger charge is -2.57. The van der Waals surface area contributed by atoms with Crippen molar-refractivity contribution in [2.75, 3.05) is 24.5 Å². The maximum Gasteiger partial charge on any atom is 0.416 e. The Morgan fingerprint density at radius 3 is 2.34 bits per heavy atom. The van der Waals surface area contributed by atoms with Gasteiger partial charge in [-0.3, -0.25) is 19.3 Å². The molecule has 2 fully saturated rings. The highest BCUT2D eigenvalue weighted by Crippen LogP contribution is 2.38. The molecule has 1 aromatic heterocycles. The number of aryl methyl sites for hydroxylation is 1. The molecule has 2 saturated heterocycles. The van der Waals surface area contributed by atoms with Crippen molar-refractivity contribution in [2.24, 2.45) is 0 Å². The van der Waals surface area contributed by atoms with Gasteiger partial charge in [0, 0.05) is 26.0 Å². The van der Waals surface area contributed by atoms with Gasteiger partial charge in [0.1, 0.15) is 12.4 Å². The first-order valence-electron chi connectivity index (χ1n) is 11.5. The molecular formula is C25H21F4N5O4. The van der Waals surface area contributed by atoms with Crippen molar-refractivity contribution in [3.8, 4) is 11.4 Å². The van der Waals surface area contributed by atoms with Gasteiger partial charge in [0.05, 0.1) is 24.3 Å². The molecule has 0 atom stereocenters. The molecule has 2 aromatic carbocycles. The van der Waals surface area contributed by atoms with Crippen LogP contribution in [0.2, 0.25) is 0 Å². The number of nitrogens with zero attached hydrogens (tertiary/aromatic N) is 5. The number of alkyl halides is 3. The van der Waals surface area contributed by atoms with E-state index in [0.717, 1.165) is 23.1 Å². The summed E-state index contributed by atoms with van der Waals surface area (Å²) in [6.07, 6.45) is -4.52. The zero-order chi connectivity index (χ0) is 27.4. The van der Waals surface area contributed by atoms with E-state index in [9.17, 15) is 27.6 Å². The van der Waals surface area contributed by atoms with Crippen molar-refractivity contribution in [3.05, 3.63) is 65.3 Å². The van der Waals surface area contributed by atoms with Crippen molar-refractivity contribution >= 4 is 23.4 Å². The van der Waals surface area contributed by atoms with Crippen LogP contribution in [0.1, 0.15) is 23.9 Å². The zero-order valence-corrected chi connectivity index (χ0v) is 20.3. The van der Waals surface area contributed by atoms with Crippen LogP contribution in [-0.2, 0) is 27.1 Å². The quantitative estimate of drug-likeness (QED) is 0.480. The summed E-state index contributed by atoms with van der Waals surface area (Å²) in [7, 11) is 0. The minimum absolute atomic E-state index is 0.119. The third kappa shape index (κ3) is 4.27. The molecule has 9 nitrogen and oxygen atoms in total. The number of piperazine rings is 1. The molecule has 0 saturated carbocycles. The first-order valence-corrected chi connectivity index (χ1v) is 11.5. The van der Waals surface area contributed by atoms with E-state index in [-0.39, 0.29) is 42.9 Å². The van der Waals surface area contributed by atoms with Gasteiger partial charge in [-0.1, -0.05) is 17.3 Å². The van der Waals surface area contributed by atoms with E-state index >= 15 is 4.39 Å². The number of benzene rings is 2. The smallest absolute Gasteiger partial charge is 0.339 e. The fraction of sp³-hybridized carbons (Fsp3) is 0.320. The lowest BCUT2D eigenvalue weighted by atomic mass is 9.83. The van der Waals surface area contributed by atoms with E-state index in [0.29, 0.717) is 11.1 Å². The van der Waals surface area contributed by atoms with Crippen molar-refractivity contribution in [3.63, 3.8) is 0 Å². The van der Waals surface area contributed by atoms with Crippen LogP contribution in [0, 0.1) is 12.7 Å². The molecular weight excluding hydrogens is 510 g/mol. The molecule has 13 heteroatoms. The Kier molecular flexibility index (Phi) is 5.96. The topological polar surface area (TPSA) is 99.9 Å². The highest BCUT2D eigenvalue weighted by molar-refractivity contribution is 6.10. The summed E-state index contributed by atoms with van der Waals surface area (Å²) >= 11 is 0. The summed E-state index contributed by atoms with van der Waals surface area (Å²) in [6.45, 7) is 2.02. The first-order chi connectivity index (χ1) is 17.9. The largest absolute Gasteiger partial charge is 0.416 e. The lowest BCUT2D eigenvalue weighted by Crippen LogP contribution is -2.81. The van der Waals surface area contributed by atoms with Crippen LogP contribution < -0.4 is 4.90 Å². The number of carbonyl (C=O) groups is 3. The number of hydrogen-bond donors (Lipinski definition) is 0. The summed E-state index contributed by atoms with van der Waals surface area (Å²) < 4.78 is 59.0. The number of likely N-dealkylation sites (tertiary alicyclic amines) is 1. The second kappa shape index (κ2) is 8.92. The number of halogens is 4. The average molecular weight is 531 g/mol. The highest BCUT2D eigenvalue weighted by Gasteiger charge is 2.60. The molecule has 3 heterocycles. The summed E-state index contributed by atoms with van der Waals surface area (Å²) in [4.78, 5) is 46.8. The van der Waals surface area contributed by atoms with Crippen molar-refractivity contribution in [1.29, 1.82) is 0 Å². The normalized spacial score (nSPS) is 17.3. The molecule has 1 spiro atoms. The molecule has 0 aliphatic carbocycles. The van der Waals surface area contributed by atoms with Gasteiger partial charge in [-0.25, -0.2) is 4.39 Å². The molecule has 0 N–H and O–H groups in total. The SMILES string of the molecule is CC(=O)N1CC2(C1)C(=O)N(c1ccc(-c3noc(C)n3)cc1F)CC(=O)N2Cc1ccc(C(F)(F)F)cc1. The molecule has 198 valence electrons. The fourth-order valence-electron chi connectivity index (χ4n) is 4.71. The summed E-state index contributed by atoms with van der Waals surface area (Å²) in [5, 5.41) is 3.74. The Labute approximate surface area is 213 Å². The monoisotopic (exact) mass is 531 g/mol. The Bertz CT molecular complexity index is 1430. The molecule has 0 unspecified atom stereocenters. The third-order valence-electron chi connectivity index (χ3n) is 6.75. The van der Waals surface area contributed by atoms with Gasteiger partial charge in [-0.15, -0.1) is 0 Å². The predicted molar refractivity (Wildman–Crippen MR) is 124 cm³/mol. The van der Waals surface area contributed by atoms with Crippen LogP contribution >= 0.6 is 0 Å². The number of rotatable bonds is 4. The highest BCUT2D eigenvalue weighted by atomic mass is 19.4. The Morgan fingerprint density at radius 2 is 1.79 bits per heavy atom. The number of aromatic nitrogens is 2. The van der Waals surface area contributed by atoms with Gasteiger partial charge in [0.2, 0.25) is 23.5 Å². The minimum atomic E-state index is -4.52. The molecule has 3 aromatic rings. The maximum absolute atomic E-state index is 15.2. The van der Waals surface area contributed by atoms with Crippen LogP contribution in [0.5, 0.6) is 0 Å². The molecule has 5 rings (SSSR count). The number of anilines is 1. The van der Waals surface area contributed by atoms with Crippen LogP contribution in [0.15, 0.2) is 47.0 Å². The third-order valence-corrected chi connectivity index (χ3v) is 6.75. The summed E-state index contributed by atoms with van der Waals surface area (Å²) in [6, 6.07) is 8.22. The molecule has 2 aliphatic heterocycles. The van der Waals surface area contributed by atoms with Crippen molar-refractivity contribution in [1.82, 2.24) is 19.9 Å². The molecule has 0 bridgehead atoms. The Morgan fingerprint density at radius 1 is 1.11 bits per heavy atom. The zero-order valence-electron chi connectivity index (χ0n) is 20.3. The van der Waals surface area contributed by atoms with Crippen molar-refractivity contribution in [2.45, 2.75) is 32.1 Å². The van der Waals surface area contributed by atoms with Crippen LogP contribution in [0.4, 0.5) is 23.2 Å². The van der Waals surface area contributed by atoms with E-state index in [1.165, 1.54) is 41.0 Å². The van der Waals surface area contributed by atoms with Gasteiger partial charge in [-0.05, 0) is 35.9 Å². The van der Waals surface area contributed by atoms with E-state index in [1.54, 1.807) is 6.92 Å². The number of hydrogen-bond acceptors (Lipinski definition) is 6. The number of amides is 3. The molecule has 3 amide bonds. The van der Waals surface area contributed by atoms with E-state index in [1.807, 2.05) is 0 Å². The predicted octanol–water partition coefficient (Wildman–Crippen LogP) is 3.18. The molecule has 38 heavy (non-hydrogen) atoms. The average Bonchev–Trinajstić information content (AvgIpc) is 3.26. The first kappa shape index (κ1) is 25.4. The number of carbonyl (C=O) groups excluding carboxylic acids is 3. The second-order valence-electron chi connectivity index (χ2n) is 9.28. The van der Waals surface area contributed by atoms with Crippen LogP contribution in [0.3, 0.4) is 0 Å². The van der Waals surface area contributed by atoms with Gasteiger partial charge in [-0.2, -0.15) is 18.2 Å². The summed E-state index contributed by atoms with van der Waals surface area (Å²) in [5.41, 5.74) is -1.78. The fourth-order valence-corrected chi connectivity index (χ4v) is 4.71. The maximum atomic E-state index is 15.2. The van der Waals surface area contributed by atoms with Gasteiger partial charge < -0.3 is 14.3 Å². The van der Waals surface area contributed by atoms with Crippen LogP contribution in [-0.4, -0.2) is 62.8 Å².